The fourth-order valence-electron chi connectivity index (χ4n) is 1.59. The Morgan fingerprint density at radius 1 is 1.36 bits per heavy atom. The maximum Gasteiger partial charge on any atom is 0.182 e. The van der Waals surface area contributed by atoms with Gasteiger partial charge in [-0.25, -0.2) is 0 Å². The Hall–Kier alpha value is -1.71. The predicted molar refractivity (Wildman–Crippen MR) is 42.3 cm³/mol. The Labute approximate surface area is 60.9 Å². The Morgan fingerprint density at radius 3 is 2.45 bits per heavy atom. The summed E-state index contributed by atoms with van der Waals surface area (Å²) in [6.45, 7) is 0. The van der Waals surface area contributed by atoms with Crippen molar-refractivity contribution >= 4 is 22.2 Å². The quantitative estimate of drug-likeness (QED) is 0.478. The number of aromatic nitrogens is 2. The summed E-state index contributed by atoms with van der Waals surface area (Å²) in [5.41, 5.74) is 7.45. The van der Waals surface area contributed by atoms with Crippen molar-refractivity contribution in [1.82, 2.24) is 9.61 Å². The van der Waals surface area contributed by atoms with Crippen LogP contribution in [-0.4, -0.2) is 9.61 Å². The van der Waals surface area contributed by atoms with Crippen molar-refractivity contribution in [2.45, 2.75) is 0 Å². The molecule has 0 amide bonds. The molecule has 0 unspecified atom stereocenters. The molecule has 0 radical (unpaired) electrons. The van der Waals surface area contributed by atoms with Gasteiger partial charge in [-0.3, -0.25) is 14.4 Å². The van der Waals surface area contributed by atoms with Gasteiger partial charge in [0.2, 0.25) is 0 Å². The first-order valence-electron chi connectivity index (χ1n) is 3.32. The van der Waals surface area contributed by atoms with E-state index in [1.165, 1.54) is 0 Å². The molecule has 0 aliphatic carbocycles. The molecule has 4 aromatic rings. The van der Waals surface area contributed by atoms with Gasteiger partial charge in [-0.1, -0.05) is 0 Å². The van der Waals surface area contributed by atoms with E-state index in [9.17, 15) is 4.79 Å². The zero-order valence-corrected chi connectivity index (χ0v) is 5.59. The van der Waals surface area contributed by atoms with Crippen LogP contribution in [0.15, 0.2) is 16.9 Å². The number of hydrogen-bond acceptors (Lipinski definition) is 2. The van der Waals surface area contributed by atoms with Gasteiger partial charge in [0.15, 0.2) is 5.43 Å². The van der Waals surface area contributed by atoms with Crippen LogP contribution in [0.1, 0.15) is 0 Å². The summed E-state index contributed by atoms with van der Waals surface area (Å²) in [5.74, 6) is 0.648. The molecule has 0 saturated carbocycles. The molecule has 4 heterocycles. The number of nitrogens with zero attached hydrogens (tertiary/aromatic N) is 1. The minimum absolute atomic E-state index is 0.0477. The summed E-state index contributed by atoms with van der Waals surface area (Å²) in [6.07, 6.45) is 0. The smallest absolute Gasteiger partial charge is 0.182 e. The lowest BCUT2D eigenvalue weighted by Gasteiger charge is -2.03. The molecule has 0 aliphatic rings. The van der Waals surface area contributed by atoms with Gasteiger partial charge in [0.05, 0.1) is 16.4 Å². The highest BCUT2D eigenvalue weighted by Crippen LogP contribution is 2.31. The normalized spacial score (nSPS) is 12.4. The summed E-state index contributed by atoms with van der Waals surface area (Å²) in [4.78, 5) is 10.9. The summed E-state index contributed by atoms with van der Waals surface area (Å²) in [7, 11) is 0. The second-order valence-corrected chi connectivity index (χ2v) is 2.70. The molecule has 0 saturated heterocycles. The molecule has 4 bridgehead atoms. The van der Waals surface area contributed by atoms with Crippen molar-refractivity contribution in [3.63, 3.8) is 0 Å². The molecule has 4 rings (SSSR count). The van der Waals surface area contributed by atoms with Gasteiger partial charge in [-0.2, -0.15) is 0 Å². The van der Waals surface area contributed by atoms with Crippen molar-refractivity contribution in [3.8, 4) is 0 Å². The standard InChI is InChI=1S/C7H5N3O/c8-7-6-4-1-3(11)2-5(6)10(4)9-7/h1-2,9H,8H2. The van der Waals surface area contributed by atoms with Crippen molar-refractivity contribution in [3.05, 3.63) is 22.4 Å². The van der Waals surface area contributed by atoms with Crippen LogP contribution in [0, 0.1) is 0 Å². The van der Waals surface area contributed by atoms with Crippen LogP contribution in [0.2, 0.25) is 0 Å². The highest BCUT2D eigenvalue weighted by atomic mass is 16.1. The van der Waals surface area contributed by atoms with Crippen molar-refractivity contribution in [1.29, 1.82) is 0 Å². The number of fused-ring (bicyclic) bond motifs is 1. The highest BCUT2D eigenvalue weighted by molar-refractivity contribution is 6.09. The molecule has 0 aliphatic heterocycles. The maximum atomic E-state index is 10.9. The third-order valence-electron chi connectivity index (χ3n) is 2.05. The SMILES string of the molecule is Nc1[nH]n2c3cc(=O)cc2c13. The highest BCUT2D eigenvalue weighted by Gasteiger charge is 2.17. The molecule has 54 valence electrons. The van der Waals surface area contributed by atoms with E-state index in [4.69, 9.17) is 5.73 Å². The third-order valence-corrected chi connectivity index (χ3v) is 2.05. The van der Waals surface area contributed by atoms with E-state index in [0.29, 0.717) is 5.82 Å². The van der Waals surface area contributed by atoms with Crippen LogP contribution in [-0.2, 0) is 0 Å². The Bertz CT molecular complexity index is 526. The van der Waals surface area contributed by atoms with Gasteiger partial charge < -0.3 is 5.73 Å². The minimum Gasteiger partial charge on any atom is -0.384 e. The Balaban J connectivity index is 2.75. The molecule has 3 N–H and O–H groups in total. The maximum absolute atomic E-state index is 10.9. The van der Waals surface area contributed by atoms with Crippen LogP contribution in [0.25, 0.3) is 16.4 Å². The van der Waals surface area contributed by atoms with Crippen LogP contribution in [0.5, 0.6) is 0 Å². The van der Waals surface area contributed by atoms with Crippen LogP contribution in [0.3, 0.4) is 0 Å². The van der Waals surface area contributed by atoms with Crippen LogP contribution < -0.4 is 11.2 Å². The number of nitrogens with one attached hydrogen (secondary N) is 1. The van der Waals surface area contributed by atoms with Gasteiger partial charge in [-0.15, -0.1) is 0 Å². The summed E-state index contributed by atoms with van der Waals surface area (Å²) in [5, 5.41) is 3.91. The molecule has 4 aromatic heterocycles. The van der Waals surface area contributed by atoms with E-state index in [2.05, 4.69) is 5.10 Å². The van der Waals surface area contributed by atoms with E-state index < -0.39 is 0 Å². The van der Waals surface area contributed by atoms with Crippen LogP contribution in [0.4, 0.5) is 5.82 Å². The number of benzene rings is 1. The van der Waals surface area contributed by atoms with Crippen molar-refractivity contribution < 1.29 is 0 Å². The molecule has 4 heteroatoms. The first-order valence-corrected chi connectivity index (χ1v) is 3.32. The predicted octanol–water partition coefficient (Wildman–Crippen LogP) is 0.239. The number of aromatic amines is 1. The molecule has 4 nitrogen and oxygen atoms in total. The summed E-state index contributed by atoms with van der Waals surface area (Å²) < 4.78 is 1.81. The first-order chi connectivity index (χ1) is 5.27. The van der Waals surface area contributed by atoms with Crippen molar-refractivity contribution in [2.75, 3.05) is 5.73 Å². The Morgan fingerprint density at radius 2 is 2.00 bits per heavy atom. The number of nitrogens with two attached hydrogens (primary N) is 1. The van der Waals surface area contributed by atoms with Gasteiger partial charge in [0.25, 0.3) is 0 Å². The summed E-state index contributed by atoms with van der Waals surface area (Å²) >= 11 is 0. The third kappa shape index (κ3) is 0.357. The number of pyridine rings is 1. The lowest BCUT2D eigenvalue weighted by molar-refractivity contribution is 1.01. The zero-order valence-electron chi connectivity index (χ0n) is 5.59. The lowest BCUT2D eigenvalue weighted by atomic mass is 10.1. The summed E-state index contributed by atoms with van der Waals surface area (Å²) in [6, 6.07) is 3.16. The molecular formula is C7H5N3O. The van der Waals surface area contributed by atoms with Crippen molar-refractivity contribution in [2.24, 2.45) is 0 Å². The first kappa shape index (κ1) is 5.01. The van der Waals surface area contributed by atoms with Gasteiger partial charge >= 0.3 is 0 Å². The zero-order chi connectivity index (χ0) is 7.59. The second kappa shape index (κ2) is 1.18. The average molecular weight is 147 g/mol. The molecule has 0 fully saturated rings. The Kier molecular flexibility index (Phi) is 0.539. The monoisotopic (exact) mass is 147 g/mol. The number of nitrogen functional groups attached to an aromatic ring is 1. The molecule has 0 aromatic carbocycles. The molecule has 0 atom stereocenters. The van der Waals surface area contributed by atoms with E-state index in [1.54, 1.807) is 12.1 Å². The van der Waals surface area contributed by atoms with Gasteiger partial charge in [0.1, 0.15) is 5.82 Å². The van der Waals surface area contributed by atoms with E-state index in [0.717, 1.165) is 16.4 Å². The second-order valence-electron chi connectivity index (χ2n) is 2.70. The lowest BCUT2D eigenvalue weighted by Crippen LogP contribution is -2.04. The largest absolute Gasteiger partial charge is 0.384 e. The fourth-order valence-corrected chi connectivity index (χ4v) is 1.59. The number of anilines is 1. The van der Waals surface area contributed by atoms with Crippen LogP contribution >= 0.6 is 0 Å². The van der Waals surface area contributed by atoms with E-state index in [-0.39, 0.29) is 5.43 Å². The minimum atomic E-state index is 0.0477. The van der Waals surface area contributed by atoms with Gasteiger partial charge in [0, 0.05) is 12.1 Å². The van der Waals surface area contributed by atoms with E-state index >= 15 is 0 Å². The number of rotatable bonds is 0. The van der Waals surface area contributed by atoms with E-state index in [1.807, 2.05) is 4.52 Å². The average Bonchev–Trinajstić information content (AvgIpc) is 2.43. The topological polar surface area (TPSA) is 63.3 Å². The molecule has 0 spiro atoms. The molecular weight excluding hydrogens is 142 g/mol. The molecule has 11 heavy (non-hydrogen) atoms. The number of hydrogen-bond donors (Lipinski definition) is 2. The fraction of sp³-hybridized carbons (Fsp3) is 0. The number of H-pyrrole nitrogens is 1. The van der Waals surface area contributed by atoms with Gasteiger partial charge in [-0.05, 0) is 0 Å².